The summed E-state index contributed by atoms with van der Waals surface area (Å²) >= 11 is 0. The number of imidazole rings is 1. The monoisotopic (exact) mass is 266 g/mol. The lowest BCUT2D eigenvalue weighted by Gasteiger charge is -2.25. The van der Waals surface area contributed by atoms with Crippen molar-refractivity contribution in [3.8, 4) is 0 Å². The van der Waals surface area contributed by atoms with Gasteiger partial charge in [-0.15, -0.1) is 0 Å². The predicted octanol–water partition coefficient (Wildman–Crippen LogP) is 2.16. The number of nitrogens with zero attached hydrogens (tertiary/aromatic N) is 2. The topological polar surface area (TPSA) is 85.2 Å². The Bertz CT molecular complexity index is 681. The van der Waals surface area contributed by atoms with Crippen molar-refractivity contribution in [1.29, 1.82) is 0 Å². The van der Waals surface area contributed by atoms with Crippen molar-refractivity contribution in [2.24, 2.45) is 0 Å². The molecular formula is C10H11N4O3P. The Balaban J connectivity index is 2.30. The van der Waals surface area contributed by atoms with Gasteiger partial charge in [0.1, 0.15) is 0 Å². The Morgan fingerprint density at radius 3 is 3.00 bits per heavy atom. The predicted molar refractivity (Wildman–Crippen MR) is 66.5 cm³/mol. The standard InChI is InChI=1S/C10H11N4O3P/c1-2-17-18(16)13-10(15)12-9-11-7-5-3-4-6-8(7)14(9)18/h3-6H,2H2,1H3,(H2,11,12,13,15,16). The van der Waals surface area contributed by atoms with Crippen molar-refractivity contribution < 1.29 is 13.9 Å². The maximum Gasteiger partial charge on any atom is 0.404 e. The van der Waals surface area contributed by atoms with E-state index in [0.717, 1.165) is 0 Å². The number of nitrogens with one attached hydrogen (secondary N) is 2. The van der Waals surface area contributed by atoms with Gasteiger partial charge in [-0.25, -0.2) is 23.8 Å². The third-order valence-corrected chi connectivity index (χ3v) is 4.60. The summed E-state index contributed by atoms with van der Waals surface area (Å²) in [5.74, 6) is 0.233. The van der Waals surface area contributed by atoms with Crippen LogP contribution in [0.5, 0.6) is 0 Å². The molecule has 2 N–H and O–H groups in total. The zero-order chi connectivity index (χ0) is 12.8. The van der Waals surface area contributed by atoms with Gasteiger partial charge in [0, 0.05) is 0 Å². The summed E-state index contributed by atoms with van der Waals surface area (Å²) < 4.78 is 19.3. The number of urea groups is 1. The average molecular weight is 266 g/mol. The zero-order valence-electron chi connectivity index (χ0n) is 9.58. The first-order chi connectivity index (χ1) is 8.64. The van der Waals surface area contributed by atoms with Gasteiger partial charge >= 0.3 is 13.7 Å². The van der Waals surface area contributed by atoms with E-state index in [-0.39, 0.29) is 12.6 Å². The molecule has 2 aromatic rings. The van der Waals surface area contributed by atoms with Crippen LogP contribution >= 0.6 is 7.67 Å². The molecule has 1 aromatic carbocycles. The fourth-order valence-electron chi connectivity index (χ4n) is 1.93. The molecule has 94 valence electrons. The van der Waals surface area contributed by atoms with Crippen LogP contribution in [0.15, 0.2) is 24.3 Å². The van der Waals surface area contributed by atoms with E-state index >= 15 is 0 Å². The van der Waals surface area contributed by atoms with E-state index in [1.54, 1.807) is 19.1 Å². The molecule has 0 aliphatic carbocycles. The van der Waals surface area contributed by atoms with E-state index < -0.39 is 13.7 Å². The molecule has 1 aliphatic heterocycles. The number of hydrogen-bond donors (Lipinski definition) is 2. The van der Waals surface area contributed by atoms with Crippen molar-refractivity contribution in [3.63, 3.8) is 0 Å². The largest absolute Gasteiger partial charge is 0.404 e. The average Bonchev–Trinajstić information content (AvgIpc) is 2.66. The van der Waals surface area contributed by atoms with Crippen LogP contribution in [-0.2, 0) is 9.09 Å². The lowest BCUT2D eigenvalue weighted by atomic mass is 10.3. The van der Waals surface area contributed by atoms with Crippen LogP contribution in [0.3, 0.4) is 0 Å². The maximum absolute atomic E-state index is 12.7. The van der Waals surface area contributed by atoms with Crippen LogP contribution in [0.2, 0.25) is 0 Å². The highest BCUT2D eigenvalue weighted by molar-refractivity contribution is 7.56. The highest BCUT2D eigenvalue weighted by atomic mass is 31.2. The first-order valence-electron chi connectivity index (χ1n) is 5.46. The molecule has 18 heavy (non-hydrogen) atoms. The number of benzene rings is 1. The Hall–Kier alpha value is -1.85. The minimum absolute atomic E-state index is 0.226. The van der Waals surface area contributed by atoms with E-state index in [4.69, 9.17) is 4.52 Å². The van der Waals surface area contributed by atoms with E-state index in [0.29, 0.717) is 11.0 Å². The summed E-state index contributed by atoms with van der Waals surface area (Å²) in [6.07, 6.45) is 0. The highest BCUT2D eigenvalue weighted by Crippen LogP contribution is 2.50. The second-order valence-corrected chi connectivity index (χ2v) is 5.66. The first kappa shape index (κ1) is 11.3. The number of anilines is 1. The van der Waals surface area contributed by atoms with Gasteiger partial charge in [-0.1, -0.05) is 12.1 Å². The molecule has 0 bridgehead atoms. The summed E-state index contributed by atoms with van der Waals surface area (Å²) in [4.78, 5) is 15.7. The van der Waals surface area contributed by atoms with Crippen molar-refractivity contribution in [3.05, 3.63) is 24.3 Å². The Morgan fingerprint density at radius 2 is 2.22 bits per heavy atom. The van der Waals surface area contributed by atoms with Gasteiger partial charge in [-0.2, -0.15) is 0 Å². The van der Waals surface area contributed by atoms with E-state index in [9.17, 15) is 9.36 Å². The number of amides is 2. The third kappa shape index (κ3) is 1.52. The van der Waals surface area contributed by atoms with Gasteiger partial charge in [0.05, 0.1) is 17.6 Å². The number of para-hydroxylation sites is 2. The van der Waals surface area contributed by atoms with Gasteiger partial charge in [0.15, 0.2) is 0 Å². The SMILES string of the molecule is CCOP1(=O)NC(=O)Nc2nc3ccccc3n21. The van der Waals surface area contributed by atoms with Gasteiger partial charge < -0.3 is 0 Å². The second-order valence-electron chi connectivity index (χ2n) is 3.74. The molecule has 7 nitrogen and oxygen atoms in total. The number of fused-ring (bicyclic) bond motifs is 3. The number of carbonyl (C=O) groups excluding carboxylic acids is 1. The second kappa shape index (κ2) is 3.83. The van der Waals surface area contributed by atoms with Crippen LogP contribution in [-0.4, -0.2) is 22.0 Å². The molecule has 3 rings (SSSR count). The van der Waals surface area contributed by atoms with Crippen molar-refractivity contribution in [1.82, 2.24) is 14.4 Å². The number of carbonyl (C=O) groups is 1. The van der Waals surface area contributed by atoms with Gasteiger partial charge in [0.2, 0.25) is 5.95 Å². The number of hydrogen-bond acceptors (Lipinski definition) is 4. The Kier molecular flexibility index (Phi) is 2.39. The molecule has 1 unspecified atom stereocenters. The fourth-order valence-corrected chi connectivity index (χ4v) is 3.67. The summed E-state index contributed by atoms with van der Waals surface area (Å²) in [5, 5.41) is 4.85. The minimum Gasteiger partial charge on any atom is -0.297 e. The van der Waals surface area contributed by atoms with Crippen LogP contribution in [0.25, 0.3) is 11.0 Å². The normalized spacial score (nSPS) is 22.4. The Labute approximate surface area is 103 Å². The molecule has 0 spiro atoms. The first-order valence-corrected chi connectivity index (χ1v) is 7.04. The highest BCUT2D eigenvalue weighted by Gasteiger charge is 2.37. The van der Waals surface area contributed by atoms with Crippen LogP contribution in [0.4, 0.5) is 10.7 Å². The van der Waals surface area contributed by atoms with E-state index in [1.165, 1.54) is 4.34 Å². The molecule has 2 heterocycles. The maximum atomic E-state index is 12.7. The minimum atomic E-state index is -3.47. The molecule has 0 saturated carbocycles. The quantitative estimate of drug-likeness (QED) is 0.815. The number of aromatic nitrogens is 2. The van der Waals surface area contributed by atoms with Crippen molar-refractivity contribution in [2.75, 3.05) is 11.9 Å². The summed E-state index contributed by atoms with van der Waals surface area (Å²) in [7, 11) is -3.47. The molecule has 1 aliphatic rings. The van der Waals surface area contributed by atoms with E-state index in [2.05, 4.69) is 15.4 Å². The van der Waals surface area contributed by atoms with Crippen LogP contribution in [0, 0.1) is 0 Å². The van der Waals surface area contributed by atoms with E-state index in [1.807, 2.05) is 12.1 Å². The summed E-state index contributed by atoms with van der Waals surface area (Å²) in [6.45, 7) is 1.94. The lowest BCUT2D eigenvalue weighted by molar-refractivity contribution is 0.251. The molecular weight excluding hydrogens is 255 g/mol. The molecule has 1 atom stereocenters. The molecule has 0 saturated heterocycles. The number of rotatable bonds is 2. The smallest absolute Gasteiger partial charge is 0.297 e. The molecule has 2 amide bonds. The fraction of sp³-hybridized carbons (Fsp3) is 0.200. The van der Waals surface area contributed by atoms with Crippen LogP contribution < -0.4 is 10.4 Å². The van der Waals surface area contributed by atoms with Gasteiger partial charge in [-0.3, -0.25) is 9.84 Å². The van der Waals surface area contributed by atoms with Gasteiger partial charge in [-0.05, 0) is 19.1 Å². The summed E-state index contributed by atoms with van der Waals surface area (Å²) in [5.41, 5.74) is 1.30. The molecule has 0 radical (unpaired) electrons. The summed E-state index contributed by atoms with van der Waals surface area (Å²) in [6, 6.07) is 6.61. The zero-order valence-corrected chi connectivity index (χ0v) is 10.5. The molecule has 1 aromatic heterocycles. The van der Waals surface area contributed by atoms with Gasteiger partial charge in [0.25, 0.3) is 0 Å². The van der Waals surface area contributed by atoms with Crippen molar-refractivity contribution >= 4 is 30.7 Å². The lowest BCUT2D eigenvalue weighted by Crippen LogP contribution is -2.35. The van der Waals surface area contributed by atoms with Crippen molar-refractivity contribution in [2.45, 2.75) is 6.92 Å². The third-order valence-electron chi connectivity index (χ3n) is 2.57. The molecule has 8 heteroatoms. The molecule has 0 fully saturated rings. The Morgan fingerprint density at radius 1 is 1.44 bits per heavy atom. The van der Waals surface area contributed by atoms with Crippen LogP contribution in [0.1, 0.15) is 6.92 Å².